The monoisotopic (exact) mass is 236 g/mol. The Morgan fingerprint density at radius 1 is 1.27 bits per heavy atom. The van der Waals surface area contributed by atoms with E-state index in [9.17, 15) is 0 Å². The Kier molecular flexibility index (Phi) is 3.95. The van der Waals surface area contributed by atoms with E-state index in [-0.39, 0.29) is 0 Å². The van der Waals surface area contributed by atoms with Gasteiger partial charge in [-0.2, -0.15) is 0 Å². The summed E-state index contributed by atoms with van der Waals surface area (Å²) >= 11 is 6.33. The molecule has 0 aromatic heterocycles. The fourth-order valence-electron chi connectivity index (χ4n) is 0.721. The Labute approximate surface area is 78.1 Å². The Balaban J connectivity index is 2.52. The van der Waals surface area contributed by atoms with Gasteiger partial charge in [0.1, 0.15) is 0 Å². The van der Waals surface area contributed by atoms with Crippen molar-refractivity contribution in [2.75, 3.05) is 6.54 Å². The van der Waals surface area contributed by atoms with E-state index in [1.807, 2.05) is 12.1 Å². The first-order valence-corrected chi connectivity index (χ1v) is 5.95. The number of halogens is 1. The van der Waals surface area contributed by atoms with Gasteiger partial charge in [-0.15, -0.1) is 0 Å². The first-order valence-electron chi connectivity index (χ1n) is 3.50. The zero-order valence-corrected chi connectivity index (χ0v) is 8.69. The van der Waals surface area contributed by atoms with Gasteiger partial charge in [-0.05, 0) is 0 Å². The van der Waals surface area contributed by atoms with Crippen LogP contribution in [-0.4, -0.2) is 21.5 Å². The summed E-state index contributed by atoms with van der Waals surface area (Å²) in [4.78, 5) is 0. The Hall–Kier alpha value is -0.0105. The molecule has 1 aromatic carbocycles. The van der Waals surface area contributed by atoms with Crippen molar-refractivity contribution in [1.29, 1.82) is 0 Å². The second-order valence-corrected chi connectivity index (χ2v) is 5.04. The molecule has 3 heteroatoms. The van der Waals surface area contributed by atoms with E-state index in [1.54, 1.807) is 0 Å². The quantitative estimate of drug-likeness (QED) is 0.732. The second-order valence-electron chi connectivity index (χ2n) is 2.16. The summed E-state index contributed by atoms with van der Waals surface area (Å²) in [5, 5.41) is 2.04. The fourth-order valence-corrected chi connectivity index (χ4v) is 2.33. The number of hydrogen-bond donors (Lipinski definition) is 1. The molecule has 0 bridgehead atoms. The number of benzene rings is 1. The van der Waals surface area contributed by atoms with Crippen LogP contribution in [0.1, 0.15) is 0 Å². The summed E-state index contributed by atoms with van der Waals surface area (Å²) in [5.41, 5.74) is 3.81. The van der Waals surface area contributed by atoms with Gasteiger partial charge in [0.05, 0.1) is 0 Å². The molecule has 60 valence electrons. The van der Waals surface area contributed by atoms with Crippen molar-refractivity contribution >= 4 is 31.0 Å². The molecule has 0 saturated carbocycles. The molecule has 11 heavy (non-hydrogen) atoms. The third-order valence-corrected chi connectivity index (χ3v) is 3.78. The Morgan fingerprint density at radius 2 is 1.91 bits per heavy atom. The minimum atomic E-state index is 0.590. The molecule has 0 radical (unpaired) electrons. The second kappa shape index (κ2) is 4.78. The summed E-state index contributed by atoms with van der Waals surface area (Å²) in [6, 6.07) is 8.08. The molecule has 1 nitrogen and oxygen atoms in total. The summed E-state index contributed by atoms with van der Waals surface area (Å²) in [7, 11) is 0. The van der Waals surface area contributed by atoms with Gasteiger partial charge in [-0.1, -0.05) is 0 Å². The molecule has 0 atom stereocenters. The van der Waals surface area contributed by atoms with E-state index in [2.05, 4.69) is 17.9 Å². The molecule has 3 N–H and O–H groups in total. The maximum atomic E-state index is 5.74. The number of rotatable bonds is 3. The molecule has 0 spiro atoms. The third-order valence-electron chi connectivity index (χ3n) is 1.23. The van der Waals surface area contributed by atoms with E-state index in [0.29, 0.717) is 15.0 Å². The van der Waals surface area contributed by atoms with Crippen molar-refractivity contribution in [3.63, 3.8) is 0 Å². The fraction of sp³-hybridized carbons (Fsp3) is 0.250. The van der Waals surface area contributed by atoms with Crippen LogP contribution in [0.4, 0.5) is 0 Å². The van der Waals surface area contributed by atoms with Crippen molar-refractivity contribution in [3.05, 3.63) is 29.3 Å². The van der Waals surface area contributed by atoms with Gasteiger partial charge in [0.15, 0.2) is 0 Å². The molecule has 0 aliphatic rings. The molecule has 1 rings (SSSR count). The van der Waals surface area contributed by atoms with Crippen LogP contribution in [0.2, 0.25) is 10.3 Å². The summed E-state index contributed by atoms with van der Waals surface area (Å²) in [6.45, 7) is 1.03. The van der Waals surface area contributed by atoms with Crippen LogP contribution in [0.15, 0.2) is 24.3 Å². The van der Waals surface area contributed by atoms with Crippen LogP contribution in [-0.2, 0) is 0 Å². The molecule has 0 saturated heterocycles. The molecular weight excluding hydrogens is 225 g/mol. The van der Waals surface area contributed by atoms with Gasteiger partial charge in [-0.3, -0.25) is 0 Å². The molecule has 0 aliphatic carbocycles. The molecule has 1 aromatic rings. The van der Waals surface area contributed by atoms with Crippen LogP contribution in [0.25, 0.3) is 0 Å². The average Bonchev–Trinajstić information content (AvgIpc) is 2.04. The van der Waals surface area contributed by atoms with Crippen molar-refractivity contribution in [3.8, 4) is 0 Å². The van der Waals surface area contributed by atoms with E-state index in [4.69, 9.17) is 11.6 Å². The number of hydrogen-bond acceptors (Lipinski definition) is 0. The summed E-state index contributed by atoms with van der Waals surface area (Å²) in [5.74, 6) is 0. The Morgan fingerprint density at radius 3 is 2.45 bits per heavy atom. The molecule has 0 heterocycles. The van der Waals surface area contributed by atoms with Crippen LogP contribution < -0.4 is 10.2 Å². The SMILES string of the molecule is [NH3+]CC[Se]c1ccc(Cl)cc1. The topological polar surface area (TPSA) is 27.6 Å². The van der Waals surface area contributed by atoms with Crippen molar-refractivity contribution in [1.82, 2.24) is 0 Å². The normalized spacial score (nSPS) is 10.0. The van der Waals surface area contributed by atoms with Gasteiger partial charge in [-0.25, -0.2) is 0 Å². The van der Waals surface area contributed by atoms with Crippen molar-refractivity contribution in [2.45, 2.75) is 5.32 Å². The average molecular weight is 236 g/mol. The first kappa shape index (κ1) is 9.08. The van der Waals surface area contributed by atoms with Gasteiger partial charge in [0, 0.05) is 0 Å². The third kappa shape index (κ3) is 3.26. The van der Waals surface area contributed by atoms with Gasteiger partial charge in [0.2, 0.25) is 0 Å². The van der Waals surface area contributed by atoms with Gasteiger partial charge < -0.3 is 0 Å². The predicted octanol–water partition coefficient (Wildman–Crippen LogP) is 0.330. The van der Waals surface area contributed by atoms with Crippen LogP contribution in [0.5, 0.6) is 0 Å². The maximum absolute atomic E-state index is 5.74. The van der Waals surface area contributed by atoms with E-state index in [1.165, 1.54) is 9.78 Å². The first-order chi connectivity index (χ1) is 5.33. The number of quaternary nitrogens is 1. The van der Waals surface area contributed by atoms with Gasteiger partial charge >= 0.3 is 77.9 Å². The zero-order chi connectivity index (χ0) is 8.10. The van der Waals surface area contributed by atoms with Crippen molar-refractivity contribution < 1.29 is 5.73 Å². The molecule has 0 amide bonds. The van der Waals surface area contributed by atoms with Crippen LogP contribution in [0.3, 0.4) is 0 Å². The molecular formula is C8H11ClNSe+. The molecule has 0 aliphatic heterocycles. The minimum absolute atomic E-state index is 0.590. The van der Waals surface area contributed by atoms with Crippen molar-refractivity contribution in [2.24, 2.45) is 0 Å². The standard InChI is InChI=1S/C8H10ClNSe/c9-7-1-3-8(4-2-7)11-6-5-10/h1-4H,5-6,10H2/p+1. The van der Waals surface area contributed by atoms with E-state index >= 15 is 0 Å². The Bertz CT molecular complexity index is 210. The van der Waals surface area contributed by atoms with Crippen LogP contribution >= 0.6 is 11.6 Å². The van der Waals surface area contributed by atoms with Gasteiger partial charge in [0.25, 0.3) is 0 Å². The molecule has 0 fully saturated rings. The van der Waals surface area contributed by atoms with E-state index in [0.717, 1.165) is 11.6 Å². The predicted molar refractivity (Wildman–Crippen MR) is 49.4 cm³/mol. The van der Waals surface area contributed by atoms with Crippen LogP contribution in [0, 0.1) is 0 Å². The molecule has 0 unspecified atom stereocenters. The van der Waals surface area contributed by atoms with E-state index < -0.39 is 0 Å². The summed E-state index contributed by atoms with van der Waals surface area (Å²) in [6.07, 6.45) is 0. The zero-order valence-electron chi connectivity index (χ0n) is 6.22. The summed E-state index contributed by atoms with van der Waals surface area (Å²) < 4.78 is 1.41.